The van der Waals surface area contributed by atoms with E-state index in [2.05, 4.69) is 15.9 Å². The molecule has 0 heterocycles. The summed E-state index contributed by atoms with van der Waals surface area (Å²) in [6, 6.07) is 9.22. The highest BCUT2D eigenvalue weighted by molar-refractivity contribution is 9.09. The van der Waals surface area contributed by atoms with Crippen molar-refractivity contribution in [3.63, 3.8) is 0 Å². The summed E-state index contributed by atoms with van der Waals surface area (Å²) in [5, 5.41) is 0.482. The number of halogens is 3. The molecule has 0 aliphatic heterocycles. The van der Waals surface area contributed by atoms with Gasteiger partial charge in [-0.25, -0.2) is 8.78 Å². The minimum atomic E-state index is -2.52. The van der Waals surface area contributed by atoms with Gasteiger partial charge in [-0.1, -0.05) is 46.3 Å². The van der Waals surface area contributed by atoms with Gasteiger partial charge in [-0.15, -0.1) is 0 Å². The van der Waals surface area contributed by atoms with Crippen molar-refractivity contribution in [1.82, 2.24) is 4.90 Å². The molecule has 0 spiro atoms. The summed E-state index contributed by atoms with van der Waals surface area (Å²) in [5.41, 5.74) is 0.0204. The Morgan fingerprint density at radius 1 is 1.32 bits per heavy atom. The van der Waals surface area contributed by atoms with E-state index in [0.717, 1.165) is 5.56 Å². The summed E-state index contributed by atoms with van der Waals surface area (Å²) in [5.74, 6) is -0.279. The third-order valence-corrected chi connectivity index (χ3v) is 3.38. The topological polar surface area (TPSA) is 20.3 Å². The van der Waals surface area contributed by atoms with Crippen LogP contribution in [0.2, 0.25) is 0 Å². The second-order valence-corrected chi connectivity index (χ2v) is 5.62. The lowest BCUT2D eigenvalue weighted by Crippen LogP contribution is -2.46. The number of hydrogen-bond acceptors (Lipinski definition) is 1. The number of rotatable bonds is 6. The lowest BCUT2D eigenvalue weighted by molar-refractivity contribution is -0.137. The molecular formula is C14H18BrF2NO. The normalized spacial score (nSPS) is 11.7. The molecular weight excluding hydrogens is 316 g/mol. The zero-order valence-corrected chi connectivity index (χ0v) is 12.7. The largest absolute Gasteiger partial charge is 0.335 e. The minimum absolute atomic E-state index is 0.277. The molecule has 0 unspecified atom stereocenters. The van der Waals surface area contributed by atoms with Gasteiger partial charge >= 0.3 is 0 Å². The van der Waals surface area contributed by atoms with Gasteiger partial charge in [0.25, 0.3) is 6.43 Å². The van der Waals surface area contributed by atoms with Crippen LogP contribution in [0.25, 0.3) is 0 Å². The molecule has 1 aromatic rings. The van der Waals surface area contributed by atoms with E-state index in [1.807, 2.05) is 30.3 Å². The highest BCUT2D eigenvalue weighted by Crippen LogP contribution is 2.26. The van der Waals surface area contributed by atoms with Gasteiger partial charge in [-0.05, 0) is 19.4 Å². The molecule has 0 aliphatic carbocycles. The summed E-state index contributed by atoms with van der Waals surface area (Å²) in [7, 11) is 0. The molecule has 0 saturated heterocycles. The van der Waals surface area contributed by atoms with Gasteiger partial charge < -0.3 is 4.90 Å². The van der Waals surface area contributed by atoms with E-state index < -0.39 is 18.4 Å². The summed E-state index contributed by atoms with van der Waals surface area (Å²) in [4.78, 5) is 13.7. The van der Waals surface area contributed by atoms with Gasteiger partial charge in [-0.2, -0.15) is 0 Å². The predicted octanol–water partition coefficient (Wildman–Crippen LogP) is 3.45. The molecule has 0 aliphatic rings. The number of carbonyl (C=O) groups excluding carboxylic acids is 1. The van der Waals surface area contributed by atoms with Gasteiger partial charge in [0.05, 0.1) is 12.0 Å². The van der Waals surface area contributed by atoms with Gasteiger partial charge in [0.1, 0.15) is 0 Å². The quantitative estimate of drug-likeness (QED) is 0.730. The number of carbonyl (C=O) groups is 1. The molecule has 0 N–H and O–H groups in total. The number of nitrogens with zero attached hydrogens (tertiary/aromatic N) is 1. The molecule has 1 rings (SSSR count). The van der Waals surface area contributed by atoms with E-state index in [0.29, 0.717) is 5.33 Å². The third-order valence-electron chi connectivity index (χ3n) is 3.03. The van der Waals surface area contributed by atoms with E-state index >= 15 is 0 Å². The zero-order valence-electron chi connectivity index (χ0n) is 11.1. The molecule has 0 fully saturated rings. The van der Waals surface area contributed by atoms with Gasteiger partial charge in [-0.3, -0.25) is 4.79 Å². The minimum Gasteiger partial charge on any atom is -0.335 e. The number of alkyl halides is 3. The van der Waals surface area contributed by atoms with Gasteiger partial charge in [0, 0.05) is 11.9 Å². The second kappa shape index (κ2) is 6.98. The molecule has 19 heavy (non-hydrogen) atoms. The van der Waals surface area contributed by atoms with Crippen LogP contribution in [0, 0.1) is 0 Å². The Balaban J connectivity index is 2.94. The molecule has 1 amide bonds. The van der Waals surface area contributed by atoms with Crippen molar-refractivity contribution in [2.75, 3.05) is 18.4 Å². The summed E-state index contributed by atoms with van der Waals surface area (Å²) < 4.78 is 25.1. The van der Waals surface area contributed by atoms with Crippen LogP contribution < -0.4 is 0 Å². The Morgan fingerprint density at radius 3 is 2.37 bits per heavy atom. The first kappa shape index (κ1) is 16.1. The Kier molecular flexibility index (Phi) is 5.91. The van der Waals surface area contributed by atoms with Crippen LogP contribution in [0.5, 0.6) is 0 Å². The number of hydrogen-bond donors (Lipinski definition) is 0. The monoisotopic (exact) mass is 333 g/mol. The van der Waals surface area contributed by atoms with E-state index in [9.17, 15) is 13.6 Å². The Hall–Kier alpha value is -0.970. The SMILES string of the molecule is CC(C)(C(=O)N(CCBr)CC(F)F)c1ccccc1. The van der Waals surface area contributed by atoms with Crippen LogP contribution in [0.3, 0.4) is 0 Å². The average molecular weight is 334 g/mol. The van der Waals surface area contributed by atoms with Gasteiger partial charge in [0.2, 0.25) is 5.91 Å². The Bertz CT molecular complexity index is 409. The number of benzene rings is 1. The van der Waals surface area contributed by atoms with Crippen molar-refractivity contribution in [1.29, 1.82) is 0 Å². The lowest BCUT2D eigenvalue weighted by atomic mass is 9.83. The summed E-state index contributed by atoms with van der Waals surface area (Å²) >= 11 is 3.19. The third kappa shape index (κ3) is 4.27. The highest BCUT2D eigenvalue weighted by Gasteiger charge is 2.34. The Morgan fingerprint density at radius 2 is 1.89 bits per heavy atom. The van der Waals surface area contributed by atoms with Crippen LogP contribution >= 0.6 is 15.9 Å². The molecule has 0 aromatic heterocycles. The summed E-state index contributed by atoms with van der Waals surface area (Å²) in [6.07, 6.45) is -2.52. The molecule has 0 radical (unpaired) electrons. The van der Waals surface area contributed by atoms with E-state index in [1.165, 1.54) is 4.90 Å². The zero-order chi connectivity index (χ0) is 14.5. The van der Waals surface area contributed by atoms with Crippen LogP contribution in [0.15, 0.2) is 30.3 Å². The van der Waals surface area contributed by atoms with Crippen LogP contribution in [-0.4, -0.2) is 35.7 Å². The van der Waals surface area contributed by atoms with Crippen molar-refractivity contribution in [3.05, 3.63) is 35.9 Å². The average Bonchev–Trinajstić information content (AvgIpc) is 2.38. The van der Waals surface area contributed by atoms with Crippen molar-refractivity contribution >= 4 is 21.8 Å². The van der Waals surface area contributed by atoms with Crippen molar-refractivity contribution in [2.45, 2.75) is 25.7 Å². The fourth-order valence-corrected chi connectivity index (χ4v) is 2.35. The fraction of sp³-hybridized carbons (Fsp3) is 0.500. The first-order valence-electron chi connectivity index (χ1n) is 6.08. The molecule has 5 heteroatoms. The first-order chi connectivity index (χ1) is 8.89. The number of amides is 1. The fourth-order valence-electron chi connectivity index (χ4n) is 1.92. The van der Waals surface area contributed by atoms with Crippen LogP contribution in [0.1, 0.15) is 19.4 Å². The van der Waals surface area contributed by atoms with Crippen molar-refractivity contribution < 1.29 is 13.6 Å². The van der Waals surface area contributed by atoms with E-state index in [4.69, 9.17) is 0 Å². The molecule has 0 atom stereocenters. The summed E-state index contributed by atoms with van der Waals surface area (Å²) in [6.45, 7) is 3.27. The van der Waals surface area contributed by atoms with E-state index in [1.54, 1.807) is 13.8 Å². The molecule has 2 nitrogen and oxygen atoms in total. The maximum Gasteiger partial charge on any atom is 0.255 e. The van der Waals surface area contributed by atoms with E-state index in [-0.39, 0.29) is 12.5 Å². The van der Waals surface area contributed by atoms with Crippen LogP contribution in [-0.2, 0) is 10.2 Å². The molecule has 0 saturated carbocycles. The first-order valence-corrected chi connectivity index (χ1v) is 7.20. The lowest BCUT2D eigenvalue weighted by Gasteiger charge is -2.32. The smallest absolute Gasteiger partial charge is 0.255 e. The molecule has 1 aromatic carbocycles. The van der Waals surface area contributed by atoms with Crippen molar-refractivity contribution in [2.24, 2.45) is 0 Å². The Labute approximate surface area is 120 Å². The maximum atomic E-state index is 12.5. The standard InChI is InChI=1S/C14H18BrF2NO/c1-14(2,11-6-4-3-5-7-11)13(19)18(9-8-15)10-12(16)17/h3-7,12H,8-10H2,1-2H3. The van der Waals surface area contributed by atoms with Crippen molar-refractivity contribution in [3.8, 4) is 0 Å². The molecule has 106 valence electrons. The highest BCUT2D eigenvalue weighted by atomic mass is 79.9. The molecule has 0 bridgehead atoms. The predicted molar refractivity (Wildman–Crippen MR) is 75.8 cm³/mol. The second-order valence-electron chi connectivity index (χ2n) is 4.82. The van der Waals surface area contributed by atoms with Gasteiger partial charge in [0.15, 0.2) is 0 Å². The van der Waals surface area contributed by atoms with Crippen LogP contribution in [0.4, 0.5) is 8.78 Å². The maximum absolute atomic E-state index is 12.5.